The van der Waals surface area contributed by atoms with Crippen molar-refractivity contribution < 1.29 is 4.79 Å². The number of hydrogen-bond acceptors (Lipinski definition) is 1. The zero-order chi connectivity index (χ0) is 15.4. The van der Waals surface area contributed by atoms with Crippen molar-refractivity contribution >= 4 is 21.8 Å². The van der Waals surface area contributed by atoms with E-state index in [1.165, 1.54) is 70.6 Å². The minimum absolute atomic E-state index is 0.259. The monoisotopic (exact) mass is 359 g/mol. The van der Waals surface area contributed by atoms with Gasteiger partial charge in [0.2, 0.25) is 5.91 Å². The van der Waals surface area contributed by atoms with E-state index >= 15 is 0 Å². The lowest BCUT2D eigenvalue weighted by Gasteiger charge is -2.35. The van der Waals surface area contributed by atoms with Crippen molar-refractivity contribution in [2.24, 2.45) is 5.41 Å². The summed E-state index contributed by atoms with van der Waals surface area (Å²) in [5.74, 6) is 0.259. The topological polar surface area (TPSA) is 29.1 Å². The zero-order valence-corrected chi connectivity index (χ0v) is 15.5. The number of amides is 1. The fourth-order valence-electron chi connectivity index (χ4n) is 3.28. The van der Waals surface area contributed by atoms with E-state index in [1.54, 1.807) is 0 Å². The second kappa shape index (κ2) is 11.5. The average Bonchev–Trinajstić information content (AvgIpc) is 2.53. The Kier molecular flexibility index (Phi) is 10.4. The Hall–Kier alpha value is -0.0500. The number of carbonyl (C=O) groups is 1. The van der Waals surface area contributed by atoms with Crippen LogP contribution in [0.25, 0.3) is 0 Å². The third-order valence-electron chi connectivity index (χ3n) is 4.87. The van der Waals surface area contributed by atoms with Crippen LogP contribution in [-0.2, 0) is 4.79 Å². The highest BCUT2D eigenvalue weighted by atomic mass is 79.9. The van der Waals surface area contributed by atoms with Gasteiger partial charge in [-0.2, -0.15) is 0 Å². The third-order valence-corrected chi connectivity index (χ3v) is 6.06. The molecule has 1 amide bonds. The van der Waals surface area contributed by atoms with Crippen molar-refractivity contribution in [3.05, 3.63) is 0 Å². The van der Waals surface area contributed by atoms with Crippen molar-refractivity contribution in [1.29, 1.82) is 0 Å². The third kappa shape index (κ3) is 8.23. The number of unbranched alkanes of at least 4 members (excludes halogenated alkanes) is 6. The summed E-state index contributed by atoms with van der Waals surface area (Å²) in [6.45, 7) is 3.12. The van der Waals surface area contributed by atoms with Crippen molar-refractivity contribution in [3.63, 3.8) is 0 Å². The molecule has 1 rings (SSSR count). The summed E-state index contributed by atoms with van der Waals surface area (Å²) >= 11 is 3.66. The first-order chi connectivity index (χ1) is 10.2. The zero-order valence-electron chi connectivity index (χ0n) is 13.9. The van der Waals surface area contributed by atoms with Gasteiger partial charge in [0.1, 0.15) is 0 Å². The molecule has 21 heavy (non-hydrogen) atoms. The molecule has 0 unspecified atom stereocenters. The highest BCUT2D eigenvalue weighted by Crippen LogP contribution is 2.37. The van der Waals surface area contributed by atoms with Gasteiger partial charge in [0.15, 0.2) is 0 Å². The molecule has 2 nitrogen and oxygen atoms in total. The molecule has 124 valence electrons. The van der Waals surface area contributed by atoms with Gasteiger partial charge in [-0.1, -0.05) is 80.6 Å². The molecule has 0 saturated heterocycles. The normalized spacial score (nSPS) is 17.6. The second-order valence-electron chi connectivity index (χ2n) is 6.84. The molecule has 0 bridgehead atoms. The van der Waals surface area contributed by atoms with Crippen LogP contribution in [0.2, 0.25) is 0 Å². The Labute approximate surface area is 140 Å². The van der Waals surface area contributed by atoms with Crippen LogP contribution in [0.1, 0.15) is 90.4 Å². The molecule has 1 aliphatic rings. The fraction of sp³-hybridized carbons (Fsp3) is 0.944. The van der Waals surface area contributed by atoms with E-state index in [1.807, 2.05) is 0 Å². The van der Waals surface area contributed by atoms with E-state index in [9.17, 15) is 4.79 Å². The van der Waals surface area contributed by atoms with Crippen LogP contribution in [0.5, 0.6) is 0 Å². The number of rotatable bonds is 11. The van der Waals surface area contributed by atoms with E-state index in [2.05, 4.69) is 28.2 Å². The van der Waals surface area contributed by atoms with Crippen LogP contribution >= 0.6 is 15.9 Å². The summed E-state index contributed by atoms with van der Waals surface area (Å²) in [4.78, 5) is 12.0. The Balaban J connectivity index is 2.05. The Bertz CT molecular complexity index is 274. The smallest absolute Gasteiger partial charge is 0.220 e. The van der Waals surface area contributed by atoms with Gasteiger partial charge in [-0.15, -0.1) is 0 Å². The molecule has 1 aliphatic carbocycles. The van der Waals surface area contributed by atoms with Crippen LogP contribution in [-0.4, -0.2) is 17.8 Å². The Morgan fingerprint density at radius 1 is 1.00 bits per heavy atom. The number of nitrogens with one attached hydrogen (secondary N) is 1. The quantitative estimate of drug-likeness (QED) is 0.378. The van der Waals surface area contributed by atoms with E-state index in [-0.39, 0.29) is 5.91 Å². The predicted molar refractivity (Wildman–Crippen MR) is 94.9 cm³/mol. The van der Waals surface area contributed by atoms with Crippen molar-refractivity contribution in [1.82, 2.24) is 5.32 Å². The van der Waals surface area contributed by atoms with Gasteiger partial charge in [-0.3, -0.25) is 4.79 Å². The first-order valence-corrected chi connectivity index (χ1v) is 10.2. The molecule has 0 heterocycles. The van der Waals surface area contributed by atoms with Gasteiger partial charge in [0.25, 0.3) is 0 Å². The van der Waals surface area contributed by atoms with Gasteiger partial charge in [0.05, 0.1) is 0 Å². The molecule has 1 fully saturated rings. The molecule has 1 N–H and O–H groups in total. The lowest BCUT2D eigenvalue weighted by atomic mass is 9.75. The average molecular weight is 360 g/mol. The maximum Gasteiger partial charge on any atom is 0.220 e. The SMILES string of the molecule is CCCCCCCCCC(=O)NCC1(CBr)CCCCC1. The first-order valence-electron chi connectivity index (χ1n) is 9.05. The summed E-state index contributed by atoms with van der Waals surface area (Å²) in [5, 5.41) is 4.21. The molecule has 3 heteroatoms. The summed E-state index contributed by atoms with van der Waals surface area (Å²) < 4.78 is 0. The Morgan fingerprint density at radius 2 is 1.62 bits per heavy atom. The van der Waals surface area contributed by atoms with E-state index < -0.39 is 0 Å². The van der Waals surface area contributed by atoms with Crippen molar-refractivity contribution in [2.45, 2.75) is 90.4 Å². The first kappa shape index (κ1) is 19.0. The fourth-order valence-corrected chi connectivity index (χ4v) is 4.04. The number of carbonyl (C=O) groups excluding carboxylic acids is 1. The van der Waals surface area contributed by atoms with Crippen LogP contribution < -0.4 is 5.32 Å². The van der Waals surface area contributed by atoms with Crippen LogP contribution in [0.3, 0.4) is 0 Å². The molecular formula is C18H34BrNO. The molecule has 1 saturated carbocycles. The summed E-state index contributed by atoms with van der Waals surface area (Å²) in [6, 6.07) is 0. The van der Waals surface area contributed by atoms with E-state index in [0.29, 0.717) is 11.8 Å². The van der Waals surface area contributed by atoms with Gasteiger partial charge in [-0.25, -0.2) is 0 Å². The van der Waals surface area contributed by atoms with Gasteiger partial charge in [0, 0.05) is 18.3 Å². The molecule has 0 aromatic carbocycles. The van der Waals surface area contributed by atoms with Crippen molar-refractivity contribution in [3.8, 4) is 0 Å². The summed E-state index contributed by atoms with van der Waals surface area (Å²) in [7, 11) is 0. The highest BCUT2D eigenvalue weighted by molar-refractivity contribution is 9.09. The number of halogens is 1. The van der Waals surface area contributed by atoms with Crippen molar-refractivity contribution in [2.75, 3.05) is 11.9 Å². The molecule has 0 radical (unpaired) electrons. The number of alkyl halides is 1. The molecule has 0 spiro atoms. The number of hydrogen-bond donors (Lipinski definition) is 1. The minimum atomic E-state index is 0.259. The molecule has 0 aromatic heterocycles. The molecule has 0 aromatic rings. The van der Waals surface area contributed by atoms with E-state index in [4.69, 9.17) is 0 Å². The van der Waals surface area contributed by atoms with Crippen LogP contribution in [0, 0.1) is 5.41 Å². The van der Waals surface area contributed by atoms with Gasteiger partial charge >= 0.3 is 0 Å². The highest BCUT2D eigenvalue weighted by Gasteiger charge is 2.31. The van der Waals surface area contributed by atoms with Gasteiger partial charge < -0.3 is 5.32 Å². The standard InChI is InChI=1S/C18H34BrNO/c1-2-3-4-5-6-7-9-12-17(21)20-16-18(15-19)13-10-8-11-14-18/h2-16H2,1H3,(H,20,21). The lowest BCUT2D eigenvalue weighted by Crippen LogP contribution is -2.40. The molecule has 0 aliphatic heterocycles. The van der Waals surface area contributed by atoms with Crippen LogP contribution in [0.15, 0.2) is 0 Å². The van der Waals surface area contributed by atoms with Crippen LogP contribution in [0.4, 0.5) is 0 Å². The Morgan fingerprint density at radius 3 is 2.24 bits per heavy atom. The predicted octanol–water partition coefficient (Wildman–Crippen LogP) is 5.59. The molecule has 0 atom stereocenters. The van der Waals surface area contributed by atoms with E-state index in [0.717, 1.165) is 18.3 Å². The summed E-state index contributed by atoms with van der Waals surface area (Å²) in [5.41, 5.74) is 0.327. The minimum Gasteiger partial charge on any atom is -0.356 e. The largest absolute Gasteiger partial charge is 0.356 e. The lowest BCUT2D eigenvalue weighted by molar-refractivity contribution is -0.121. The summed E-state index contributed by atoms with van der Waals surface area (Å²) in [6.07, 6.45) is 16.1. The van der Waals surface area contributed by atoms with Gasteiger partial charge in [-0.05, 0) is 24.7 Å². The molecular weight excluding hydrogens is 326 g/mol. The maximum atomic E-state index is 12.0. The maximum absolute atomic E-state index is 12.0. The second-order valence-corrected chi connectivity index (χ2v) is 7.40.